The van der Waals surface area contributed by atoms with Crippen LogP contribution in [0, 0.1) is 0 Å². The second kappa shape index (κ2) is 8.25. The third kappa shape index (κ3) is 5.84. The minimum absolute atomic E-state index is 0.165. The fourth-order valence-corrected chi connectivity index (χ4v) is 2.01. The van der Waals surface area contributed by atoms with Gasteiger partial charge in [0.15, 0.2) is 0 Å². The number of hydrogen-bond donors (Lipinski definition) is 0. The lowest BCUT2D eigenvalue weighted by atomic mass is 10.2. The molecule has 1 unspecified atom stereocenters. The third-order valence-electron chi connectivity index (χ3n) is 2.84. The fraction of sp³-hybridized carbons (Fsp3) is 0.769. The van der Waals surface area contributed by atoms with Crippen LogP contribution in [0.4, 0.5) is 0 Å². The predicted octanol–water partition coefficient (Wildman–Crippen LogP) is 1.61. The zero-order valence-electron chi connectivity index (χ0n) is 10.7. The summed E-state index contributed by atoms with van der Waals surface area (Å²) < 4.78 is 10.5. The zero-order valence-corrected chi connectivity index (χ0v) is 10.7. The van der Waals surface area contributed by atoms with Gasteiger partial charge in [-0.2, -0.15) is 0 Å². The first-order valence-electron chi connectivity index (χ1n) is 6.36. The summed E-state index contributed by atoms with van der Waals surface area (Å²) in [6.07, 6.45) is 5.46. The van der Waals surface area contributed by atoms with Crippen molar-refractivity contribution < 1.29 is 14.3 Å². The molecule has 1 fully saturated rings. The van der Waals surface area contributed by atoms with Crippen LogP contribution in [0.3, 0.4) is 0 Å². The molecule has 0 N–H and O–H groups in total. The van der Waals surface area contributed by atoms with Crippen LogP contribution in [0.1, 0.15) is 26.2 Å². The summed E-state index contributed by atoms with van der Waals surface area (Å²) >= 11 is 0. The molecule has 4 heteroatoms. The summed E-state index contributed by atoms with van der Waals surface area (Å²) in [6.45, 7) is 8.76. The smallest absolute Gasteiger partial charge is 0.320 e. The van der Waals surface area contributed by atoms with Gasteiger partial charge >= 0.3 is 5.97 Å². The second-order valence-electron chi connectivity index (χ2n) is 4.25. The predicted molar refractivity (Wildman–Crippen MR) is 66.9 cm³/mol. The van der Waals surface area contributed by atoms with Gasteiger partial charge in [0.1, 0.15) is 0 Å². The highest BCUT2D eigenvalue weighted by atomic mass is 16.5. The average Bonchev–Trinajstić information content (AvgIpc) is 2.79. The van der Waals surface area contributed by atoms with Crippen molar-refractivity contribution in [2.45, 2.75) is 32.3 Å². The fourth-order valence-electron chi connectivity index (χ4n) is 2.01. The molecule has 1 rings (SSSR count). The molecule has 1 aliphatic rings. The summed E-state index contributed by atoms with van der Waals surface area (Å²) in [7, 11) is 0. The molecule has 17 heavy (non-hydrogen) atoms. The van der Waals surface area contributed by atoms with Gasteiger partial charge in [-0.3, -0.25) is 9.69 Å². The normalized spacial score (nSPS) is 19.5. The van der Waals surface area contributed by atoms with Crippen LogP contribution in [0.5, 0.6) is 0 Å². The maximum absolute atomic E-state index is 11.4. The molecular weight excluding hydrogens is 218 g/mol. The molecule has 0 spiro atoms. The van der Waals surface area contributed by atoms with Crippen molar-refractivity contribution in [1.29, 1.82) is 0 Å². The molecule has 1 saturated heterocycles. The van der Waals surface area contributed by atoms with Crippen LogP contribution in [0.15, 0.2) is 12.7 Å². The first-order valence-corrected chi connectivity index (χ1v) is 6.36. The molecule has 4 nitrogen and oxygen atoms in total. The Morgan fingerprint density at radius 3 is 3.06 bits per heavy atom. The summed E-state index contributed by atoms with van der Waals surface area (Å²) in [5.41, 5.74) is 0. The largest absolute Gasteiger partial charge is 0.465 e. The Balaban J connectivity index is 2.25. The van der Waals surface area contributed by atoms with Gasteiger partial charge in [-0.1, -0.05) is 6.08 Å². The maximum Gasteiger partial charge on any atom is 0.320 e. The highest BCUT2D eigenvalue weighted by molar-refractivity contribution is 5.71. The molecule has 0 aromatic heterocycles. The van der Waals surface area contributed by atoms with Crippen molar-refractivity contribution >= 4 is 5.97 Å². The van der Waals surface area contributed by atoms with Gasteiger partial charge in [0.2, 0.25) is 0 Å². The van der Waals surface area contributed by atoms with Crippen LogP contribution in [0.2, 0.25) is 0 Å². The van der Waals surface area contributed by atoms with E-state index in [4.69, 9.17) is 9.47 Å². The summed E-state index contributed by atoms with van der Waals surface area (Å²) in [5.74, 6) is -0.165. The summed E-state index contributed by atoms with van der Waals surface area (Å²) in [6, 6.07) is 0. The number of hydrogen-bond acceptors (Lipinski definition) is 4. The van der Waals surface area contributed by atoms with Crippen molar-refractivity contribution in [2.24, 2.45) is 0 Å². The molecule has 0 bridgehead atoms. The SMILES string of the molecule is C=CCN(CCC1CCCO1)CC(=O)OCC. The van der Waals surface area contributed by atoms with E-state index in [2.05, 4.69) is 6.58 Å². The van der Waals surface area contributed by atoms with Crippen molar-refractivity contribution in [3.63, 3.8) is 0 Å². The first kappa shape index (κ1) is 14.2. The van der Waals surface area contributed by atoms with Crippen molar-refractivity contribution in [3.8, 4) is 0 Å². The highest BCUT2D eigenvalue weighted by Gasteiger charge is 2.17. The van der Waals surface area contributed by atoms with Gasteiger partial charge in [-0.05, 0) is 26.2 Å². The van der Waals surface area contributed by atoms with E-state index in [0.29, 0.717) is 25.8 Å². The lowest BCUT2D eigenvalue weighted by Crippen LogP contribution is -2.33. The molecule has 0 amide bonds. The standard InChI is InChI=1S/C13H23NO3/c1-3-8-14(11-13(15)16-4-2)9-7-12-6-5-10-17-12/h3,12H,1,4-11H2,2H3. The van der Waals surface area contributed by atoms with Crippen molar-refractivity contribution in [1.82, 2.24) is 4.90 Å². The molecule has 1 atom stereocenters. The Bertz CT molecular complexity index is 237. The number of esters is 1. The van der Waals surface area contributed by atoms with Gasteiger partial charge in [-0.25, -0.2) is 0 Å². The molecule has 98 valence electrons. The lowest BCUT2D eigenvalue weighted by molar-refractivity contribution is -0.144. The van der Waals surface area contributed by atoms with Crippen LogP contribution in [-0.4, -0.2) is 49.8 Å². The lowest BCUT2D eigenvalue weighted by Gasteiger charge is -2.21. The minimum atomic E-state index is -0.165. The van der Waals surface area contributed by atoms with Crippen LogP contribution >= 0.6 is 0 Å². The molecule has 1 aliphatic heterocycles. The van der Waals surface area contributed by atoms with E-state index in [9.17, 15) is 4.79 Å². The van der Waals surface area contributed by atoms with Gasteiger partial charge in [0.25, 0.3) is 0 Å². The van der Waals surface area contributed by atoms with E-state index >= 15 is 0 Å². The molecular formula is C13H23NO3. The number of ether oxygens (including phenoxy) is 2. The van der Waals surface area contributed by atoms with Crippen molar-refractivity contribution in [2.75, 3.05) is 32.8 Å². The number of carbonyl (C=O) groups is 1. The van der Waals surface area contributed by atoms with Crippen LogP contribution in [0.25, 0.3) is 0 Å². The quantitative estimate of drug-likeness (QED) is 0.478. The molecule has 0 saturated carbocycles. The number of carbonyl (C=O) groups excluding carboxylic acids is 1. The monoisotopic (exact) mass is 241 g/mol. The van der Waals surface area contributed by atoms with Crippen molar-refractivity contribution in [3.05, 3.63) is 12.7 Å². The topological polar surface area (TPSA) is 38.8 Å². The first-order chi connectivity index (χ1) is 8.26. The molecule has 0 aliphatic carbocycles. The van der Waals surface area contributed by atoms with E-state index < -0.39 is 0 Å². The van der Waals surface area contributed by atoms with E-state index in [-0.39, 0.29) is 5.97 Å². The molecule has 0 aromatic rings. The molecule has 0 aromatic carbocycles. The van der Waals surface area contributed by atoms with E-state index in [0.717, 1.165) is 32.4 Å². The average molecular weight is 241 g/mol. The zero-order chi connectivity index (χ0) is 12.5. The van der Waals surface area contributed by atoms with Gasteiger partial charge in [0, 0.05) is 19.7 Å². The maximum atomic E-state index is 11.4. The minimum Gasteiger partial charge on any atom is -0.465 e. The Morgan fingerprint density at radius 1 is 1.65 bits per heavy atom. The summed E-state index contributed by atoms with van der Waals surface area (Å²) in [4.78, 5) is 13.4. The third-order valence-corrected chi connectivity index (χ3v) is 2.84. The highest BCUT2D eigenvalue weighted by Crippen LogP contribution is 2.15. The van der Waals surface area contributed by atoms with E-state index in [1.165, 1.54) is 0 Å². The van der Waals surface area contributed by atoms with E-state index in [1.807, 2.05) is 17.9 Å². The van der Waals surface area contributed by atoms with Crippen LogP contribution < -0.4 is 0 Å². The van der Waals surface area contributed by atoms with Gasteiger partial charge in [0.05, 0.1) is 19.3 Å². The summed E-state index contributed by atoms with van der Waals surface area (Å²) in [5, 5.41) is 0. The van der Waals surface area contributed by atoms with Gasteiger partial charge < -0.3 is 9.47 Å². The number of rotatable bonds is 8. The Hall–Kier alpha value is -0.870. The Labute approximate surface area is 104 Å². The second-order valence-corrected chi connectivity index (χ2v) is 4.25. The Morgan fingerprint density at radius 2 is 2.47 bits per heavy atom. The Kier molecular flexibility index (Phi) is 6.89. The number of nitrogens with zero attached hydrogens (tertiary/aromatic N) is 1. The van der Waals surface area contributed by atoms with E-state index in [1.54, 1.807) is 0 Å². The van der Waals surface area contributed by atoms with Gasteiger partial charge in [-0.15, -0.1) is 6.58 Å². The molecule has 0 radical (unpaired) electrons. The molecule has 1 heterocycles. The van der Waals surface area contributed by atoms with Crippen LogP contribution in [-0.2, 0) is 14.3 Å².